The number of nitrogens with zero attached hydrogens (tertiary/aromatic N) is 1. The van der Waals surface area contributed by atoms with Crippen LogP contribution in [-0.4, -0.2) is 48.0 Å². The fourth-order valence-electron chi connectivity index (χ4n) is 4.10. The Hall–Kier alpha value is -1.88. The first-order valence-corrected chi connectivity index (χ1v) is 9.84. The van der Waals surface area contributed by atoms with Crippen molar-refractivity contribution in [3.63, 3.8) is 0 Å². The zero-order valence-electron chi connectivity index (χ0n) is 16.2. The van der Waals surface area contributed by atoms with Crippen molar-refractivity contribution in [2.24, 2.45) is 5.41 Å². The predicted octanol–water partition coefficient (Wildman–Crippen LogP) is 3.18. The molecule has 2 aromatic rings. The Kier molecular flexibility index (Phi) is 6.89. The van der Waals surface area contributed by atoms with E-state index in [-0.39, 0.29) is 18.6 Å². The highest BCUT2D eigenvalue weighted by atomic mass is 16.5. The molecule has 4 heteroatoms. The smallest absolute Gasteiger partial charge is 0.119 e. The van der Waals surface area contributed by atoms with Crippen LogP contribution in [0.15, 0.2) is 48.5 Å². The van der Waals surface area contributed by atoms with E-state index in [1.54, 1.807) is 0 Å². The predicted molar refractivity (Wildman–Crippen MR) is 108 cm³/mol. The Bertz CT molecular complexity index is 716. The molecule has 1 aliphatic heterocycles. The SMILES string of the molecule is Cc1ccccc1C[C@]1(CO)CCCN(Cc2ccc(OCCO)cc2)C1. The minimum absolute atomic E-state index is 0.0274. The molecule has 0 bridgehead atoms. The molecule has 1 saturated heterocycles. The van der Waals surface area contributed by atoms with Gasteiger partial charge >= 0.3 is 0 Å². The number of aliphatic hydroxyl groups is 2. The lowest BCUT2D eigenvalue weighted by Crippen LogP contribution is -2.46. The van der Waals surface area contributed by atoms with E-state index in [0.717, 1.165) is 44.6 Å². The van der Waals surface area contributed by atoms with E-state index < -0.39 is 0 Å². The summed E-state index contributed by atoms with van der Waals surface area (Å²) in [6.45, 7) is 5.60. The first-order valence-electron chi connectivity index (χ1n) is 9.84. The second-order valence-corrected chi connectivity index (χ2v) is 7.79. The monoisotopic (exact) mass is 369 g/mol. The molecule has 1 fully saturated rings. The molecule has 27 heavy (non-hydrogen) atoms. The van der Waals surface area contributed by atoms with Gasteiger partial charge in [-0.25, -0.2) is 0 Å². The third kappa shape index (κ3) is 5.32. The van der Waals surface area contributed by atoms with Crippen molar-refractivity contribution in [1.29, 1.82) is 0 Å². The van der Waals surface area contributed by atoms with E-state index >= 15 is 0 Å². The average Bonchev–Trinajstić information content (AvgIpc) is 2.69. The molecular weight excluding hydrogens is 338 g/mol. The average molecular weight is 370 g/mol. The van der Waals surface area contributed by atoms with E-state index in [2.05, 4.69) is 48.2 Å². The number of benzene rings is 2. The fraction of sp³-hybridized carbons (Fsp3) is 0.478. The van der Waals surface area contributed by atoms with Crippen molar-refractivity contribution in [3.05, 3.63) is 65.2 Å². The number of aliphatic hydroxyl groups excluding tert-OH is 2. The first kappa shape index (κ1) is 19.9. The van der Waals surface area contributed by atoms with Gasteiger partial charge < -0.3 is 14.9 Å². The number of aryl methyl sites for hydroxylation is 1. The van der Waals surface area contributed by atoms with Crippen molar-refractivity contribution in [3.8, 4) is 5.75 Å². The quantitative estimate of drug-likeness (QED) is 0.750. The van der Waals surface area contributed by atoms with Crippen LogP contribution in [0.2, 0.25) is 0 Å². The Labute approximate surface area is 162 Å². The summed E-state index contributed by atoms with van der Waals surface area (Å²) < 4.78 is 5.43. The molecule has 146 valence electrons. The Morgan fingerprint density at radius 2 is 1.85 bits per heavy atom. The molecule has 0 saturated carbocycles. The van der Waals surface area contributed by atoms with Gasteiger partial charge in [0.15, 0.2) is 0 Å². The van der Waals surface area contributed by atoms with Crippen molar-refractivity contribution in [2.45, 2.75) is 32.7 Å². The summed E-state index contributed by atoms with van der Waals surface area (Å²) in [5.74, 6) is 0.788. The lowest BCUT2D eigenvalue weighted by atomic mass is 9.75. The summed E-state index contributed by atoms with van der Waals surface area (Å²) in [6.07, 6.45) is 3.12. The van der Waals surface area contributed by atoms with Gasteiger partial charge in [-0.1, -0.05) is 36.4 Å². The Morgan fingerprint density at radius 3 is 2.56 bits per heavy atom. The van der Waals surface area contributed by atoms with Crippen LogP contribution >= 0.6 is 0 Å². The number of hydrogen-bond donors (Lipinski definition) is 2. The molecule has 1 heterocycles. The summed E-state index contributed by atoms with van der Waals surface area (Å²) in [5.41, 5.74) is 3.84. The summed E-state index contributed by atoms with van der Waals surface area (Å²) in [6, 6.07) is 16.6. The van der Waals surface area contributed by atoms with Gasteiger partial charge in [0, 0.05) is 18.5 Å². The highest BCUT2D eigenvalue weighted by Crippen LogP contribution is 2.34. The van der Waals surface area contributed by atoms with Gasteiger partial charge in [0.1, 0.15) is 12.4 Å². The topological polar surface area (TPSA) is 52.9 Å². The second kappa shape index (κ2) is 9.36. The molecule has 0 radical (unpaired) electrons. The number of rotatable bonds is 8. The molecular formula is C23H31NO3. The molecule has 4 nitrogen and oxygen atoms in total. The largest absolute Gasteiger partial charge is 0.491 e. The van der Waals surface area contributed by atoms with Crippen LogP contribution in [-0.2, 0) is 13.0 Å². The van der Waals surface area contributed by atoms with E-state index in [0.29, 0.717) is 6.61 Å². The maximum Gasteiger partial charge on any atom is 0.119 e. The van der Waals surface area contributed by atoms with E-state index in [9.17, 15) is 5.11 Å². The van der Waals surface area contributed by atoms with Crippen LogP contribution < -0.4 is 4.74 Å². The lowest BCUT2D eigenvalue weighted by molar-refractivity contribution is 0.0287. The van der Waals surface area contributed by atoms with Gasteiger partial charge in [0.2, 0.25) is 0 Å². The molecule has 0 unspecified atom stereocenters. The van der Waals surface area contributed by atoms with Crippen molar-refractivity contribution >= 4 is 0 Å². The lowest BCUT2D eigenvalue weighted by Gasteiger charge is -2.42. The summed E-state index contributed by atoms with van der Waals surface area (Å²) >= 11 is 0. The highest BCUT2D eigenvalue weighted by Gasteiger charge is 2.35. The Morgan fingerprint density at radius 1 is 1.07 bits per heavy atom. The van der Waals surface area contributed by atoms with Crippen LogP contribution in [0.25, 0.3) is 0 Å². The molecule has 2 aromatic carbocycles. The third-order valence-corrected chi connectivity index (χ3v) is 5.59. The second-order valence-electron chi connectivity index (χ2n) is 7.79. The van der Waals surface area contributed by atoms with Crippen molar-refractivity contribution in [2.75, 3.05) is 32.9 Å². The highest BCUT2D eigenvalue weighted by molar-refractivity contribution is 5.28. The van der Waals surface area contributed by atoms with Crippen molar-refractivity contribution < 1.29 is 14.9 Å². The minimum Gasteiger partial charge on any atom is -0.491 e. The summed E-state index contributed by atoms with van der Waals surface area (Å²) in [5, 5.41) is 19.1. The maximum atomic E-state index is 10.2. The number of hydrogen-bond acceptors (Lipinski definition) is 4. The van der Waals surface area contributed by atoms with Crippen LogP contribution in [0.1, 0.15) is 29.5 Å². The molecule has 0 amide bonds. The van der Waals surface area contributed by atoms with E-state index in [1.807, 2.05) is 12.1 Å². The van der Waals surface area contributed by atoms with E-state index in [4.69, 9.17) is 9.84 Å². The van der Waals surface area contributed by atoms with Gasteiger partial charge in [0.05, 0.1) is 13.2 Å². The number of likely N-dealkylation sites (tertiary alicyclic amines) is 1. The third-order valence-electron chi connectivity index (χ3n) is 5.59. The normalized spacial score (nSPS) is 20.6. The van der Waals surface area contributed by atoms with Gasteiger partial charge in [0.25, 0.3) is 0 Å². The van der Waals surface area contributed by atoms with E-state index in [1.165, 1.54) is 16.7 Å². The molecule has 3 rings (SSSR count). The summed E-state index contributed by atoms with van der Waals surface area (Å²) in [7, 11) is 0. The summed E-state index contributed by atoms with van der Waals surface area (Å²) in [4.78, 5) is 2.46. The van der Waals surface area contributed by atoms with Gasteiger partial charge in [-0.05, 0) is 61.6 Å². The van der Waals surface area contributed by atoms with Crippen LogP contribution in [0.5, 0.6) is 5.75 Å². The zero-order chi connectivity index (χ0) is 19.1. The van der Waals surface area contributed by atoms with Crippen LogP contribution in [0, 0.1) is 12.3 Å². The standard InChI is InChI=1S/C23H31NO3/c1-19-5-2-3-6-21(19)15-23(18-26)11-4-12-24(17-23)16-20-7-9-22(10-8-20)27-14-13-25/h2-3,5-10,25-26H,4,11-18H2,1H3/t23-/m1/s1. The molecule has 0 aliphatic carbocycles. The van der Waals surface area contributed by atoms with Gasteiger partial charge in [-0.15, -0.1) is 0 Å². The molecule has 1 atom stereocenters. The van der Waals surface area contributed by atoms with Crippen molar-refractivity contribution in [1.82, 2.24) is 4.90 Å². The first-order chi connectivity index (χ1) is 13.1. The van der Waals surface area contributed by atoms with Gasteiger partial charge in [-0.3, -0.25) is 4.90 Å². The molecule has 0 aromatic heterocycles. The zero-order valence-corrected chi connectivity index (χ0v) is 16.2. The number of ether oxygens (including phenoxy) is 1. The fourth-order valence-corrected chi connectivity index (χ4v) is 4.10. The molecule has 1 aliphatic rings. The molecule has 2 N–H and O–H groups in total. The molecule has 0 spiro atoms. The minimum atomic E-state index is -0.0610. The number of piperidine rings is 1. The maximum absolute atomic E-state index is 10.2. The van der Waals surface area contributed by atoms with Crippen LogP contribution in [0.4, 0.5) is 0 Å². The Balaban J connectivity index is 1.64. The van der Waals surface area contributed by atoms with Crippen LogP contribution in [0.3, 0.4) is 0 Å². The van der Waals surface area contributed by atoms with Gasteiger partial charge in [-0.2, -0.15) is 0 Å².